The molecule has 2 aliphatic heterocycles. The molecule has 4 rings (SSSR count). The van der Waals surface area contributed by atoms with Crippen molar-refractivity contribution in [2.24, 2.45) is 4.99 Å². The van der Waals surface area contributed by atoms with Crippen LogP contribution in [0.1, 0.15) is 4.88 Å². The average molecular weight is 510 g/mol. The lowest BCUT2D eigenvalue weighted by molar-refractivity contribution is -0.0517. The number of thioether (sulfide) groups is 1. The molecule has 28 heavy (non-hydrogen) atoms. The number of nitrogens with zero attached hydrogens (tertiary/aromatic N) is 5. The summed E-state index contributed by atoms with van der Waals surface area (Å²) in [5.41, 5.74) is -5.65. The van der Waals surface area contributed by atoms with E-state index in [9.17, 15) is 13.2 Å². The monoisotopic (exact) mass is 509 g/mol. The number of amidine groups is 1. The largest absolute Gasteiger partial charge is 0.741 e. The van der Waals surface area contributed by atoms with Gasteiger partial charge in [-0.15, -0.1) is 4.37 Å². The summed E-state index contributed by atoms with van der Waals surface area (Å²) in [6.07, 6.45) is 2.07. The number of hydrogen-bond acceptors (Lipinski definition) is 10. The van der Waals surface area contributed by atoms with E-state index >= 15 is 0 Å². The predicted molar refractivity (Wildman–Crippen MR) is 102 cm³/mol. The lowest BCUT2D eigenvalue weighted by atomic mass is 10.3. The number of hydrogen-bond donors (Lipinski definition) is 0. The van der Waals surface area contributed by atoms with Crippen LogP contribution in [0.4, 0.5) is 24.8 Å². The molecule has 2 aromatic heterocycles. The highest BCUT2D eigenvalue weighted by molar-refractivity contribution is 8.04. The Balaban J connectivity index is 0.000000242. The normalized spacial score (nSPS) is 15.5. The molecule has 150 valence electrons. The Morgan fingerprint density at radius 1 is 1.25 bits per heavy atom. The van der Waals surface area contributed by atoms with Gasteiger partial charge in [0, 0.05) is 13.1 Å². The smallest absolute Gasteiger partial charge is 0.485 e. The first-order chi connectivity index (χ1) is 12.9. The van der Waals surface area contributed by atoms with Gasteiger partial charge in [-0.05, 0) is 0 Å². The summed E-state index contributed by atoms with van der Waals surface area (Å²) < 4.78 is 63.3. The summed E-state index contributed by atoms with van der Waals surface area (Å²) in [6.45, 7) is 0. The van der Waals surface area contributed by atoms with E-state index in [-0.39, 0.29) is 10.3 Å². The van der Waals surface area contributed by atoms with Crippen LogP contribution >= 0.6 is 55.8 Å². The number of aromatic nitrogens is 3. The molecule has 0 saturated heterocycles. The Morgan fingerprint density at radius 3 is 2.46 bits per heavy atom. The van der Waals surface area contributed by atoms with Gasteiger partial charge in [0.2, 0.25) is 5.82 Å². The van der Waals surface area contributed by atoms with Crippen LogP contribution in [0.25, 0.3) is 6.08 Å². The zero-order valence-electron chi connectivity index (χ0n) is 13.1. The van der Waals surface area contributed by atoms with Crippen LogP contribution in [0.15, 0.2) is 14.9 Å². The quantitative estimate of drug-likeness (QED) is 0.224. The highest BCUT2D eigenvalue weighted by atomic mass is 35.5. The molecule has 4 heterocycles. The molecule has 17 heteroatoms. The van der Waals surface area contributed by atoms with E-state index in [4.69, 9.17) is 36.2 Å². The molecule has 0 atom stereocenters. The predicted octanol–water partition coefficient (Wildman–Crippen LogP) is 4.26. The number of anilines is 1. The number of likely N-dealkylation sites (N-methyl/N-ethyl adjacent to an activating group) is 1. The van der Waals surface area contributed by atoms with Gasteiger partial charge in [0.1, 0.15) is 5.03 Å². The maximum Gasteiger partial charge on any atom is 0.485 e. The van der Waals surface area contributed by atoms with Crippen molar-refractivity contribution in [3.05, 3.63) is 20.1 Å². The van der Waals surface area contributed by atoms with Crippen molar-refractivity contribution in [2.45, 2.75) is 10.5 Å². The second-order valence-corrected chi connectivity index (χ2v) is 9.88. The maximum absolute atomic E-state index is 10.7. The number of rotatable bonds is 0. The minimum Gasteiger partial charge on any atom is -0.741 e. The van der Waals surface area contributed by atoms with Crippen molar-refractivity contribution >= 4 is 89.5 Å². The van der Waals surface area contributed by atoms with Crippen LogP contribution in [0.5, 0.6) is 0 Å². The van der Waals surface area contributed by atoms with Crippen LogP contribution < -0.4 is 4.90 Å². The third-order valence-electron chi connectivity index (χ3n) is 3.06. The SMILES string of the molecule is CN1C2=Nc3nc(Cl)c(Cl)nc3SC2=Cc2[s+]snc21.O=S(=O)([O-])C(F)(F)F. The molecule has 0 radical (unpaired) electrons. The molecular formula is C11H4Cl2F3N5O3S4. The van der Waals surface area contributed by atoms with Crippen molar-refractivity contribution in [3.8, 4) is 0 Å². The molecule has 0 spiro atoms. The Hall–Kier alpha value is -1.10. The number of halogens is 5. The van der Waals surface area contributed by atoms with E-state index in [1.54, 1.807) is 10.3 Å². The van der Waals surface area contributed by atoms with Gasteiger partial charge in [-0.3, -0.25) is 0 Å². The second kappa shape index (κ2) is 7.62. The van der Waals surface area contributed by atoms with Gasteiger partial charge in [-0.25, -0.2) is 23.4 Å². The zero-order chi connectivity index (χ0) is 20.9. The van der Waals surface area contributed by atoms with Crippen molar-refractivity contribution in [3.63, 3.8) is 0 Å². The van der Waals surface area contributed by atoms with Gasteiger partial charge in [-0.1, -0.05) is 35.0 Å². The van der Waals surface area contributed by atoms with Crippen molar-refractivity contribution in [1.29, 1.82) is 0 Å². The molecule has 0 aliphatic carbocycles. The Labute approximate surface area is 177 Å². The molecule has 0 fully saturated rings. The summed E-state index contributed by atoms with van der Waals surface area (Å²) in [4.78, 5) is 17.0. The summed E-state index contributed by atoms with van der Waals surface area (Å²) in [5.74, 6) is 2.21. The average Bonchev–Trinajstić information content (AvgIpc) is 3.02. The summed E-state index contributed by atoms with van der Waals surface area (Å²) in [7, 11) is -1.06. The van der Waals surface area contributed by atoms with E-state index in [1.165, 1.54) is 22.3 Å². The lowest BCUT2D eigenvalue weighted by Gasteiger charge is -2.25. The molecule has 2 aliphatic rings. The van der Waals surface area contributed by atoms with Crippen molar-refractivity contribution in [1.82, 2.24) is 14.3 Å². The molecule has 8 nitrogen and oxygen atoms in total. The number of aliphatic imine (C=N–C) groups is 1. The Bertz CT molecular complexity index is 1120. The number of alkyl halides is 3. The van der Waals surface area contributed by atoms with Crippen LogP contribution in [-0.2, 0) is 10.1 Å². The van der Waals surface area contributed by atoms with Crippen LogP contribution in [0.2, 0.25) is 10.3 Å². The maximum atomic E-state index is 10.7. The molecule has 0 aromatic carbocycles. The van der Waals surface area contributed by atoms with Gasteiger partial charge >= 0.3 is 15.8 Å². The van der Waals surface area contributed by atoms with Crippen molar-refractivity contribution < 1.29 is 26.1 Å². The van der Waals surface area contributed by atoms with E-state index in [0.29, 0.717) is 10.8 Å². The lowest BCUT2D eigenvalue weighted by Crippen LogP contribution is -2.31. The van der Waals surface area contributed by atoms with E-state index in [0.717, 1.165) is 21.4 Å². The fraction of sp³-hybridized carbons (Fsp3) is 0.182. The first-order valence-electron chi connectivity index (χ1n) is 6.65. The Kier molecular flexibility index (Phi) is 5.88. The molecular weight excluding hydrogens is 506 g/mol. The first kappa shape index (κ1) is 21.6. The molecule has 0 unspecified atom stereocenters. The van der Waals surface area contributed by atoms with Gasteiger partial charge in [0.25, 0.3) is 15.4 Å². The first-order valence-corrected chi connectivity index (χ1v) is 11.7. The summed E-state index contributed by atoms with van der Waals surface area (Å²) in [5, 5.41) is 1.03. The standard InChI is InChI=1S/C10H4Cl2N5S3.CHF3O3S/c1-17-8-3(2-4-9(17)16-20-19-4)18-10-7(15-8)13-5(11)6(12)14-10;2-1(3,4)8(5,6)7/h2H,1H3;(H,5,6,7)/q+1;/p-1. The summed E-state index contributed by atoms with van der Waals surface area (Å²) in [6, 6.07) is 0. The summed E-state index contributed by atoms with van der Waals surface area (Å²) >= 11 is 13.3. The highest BCUT2D eigenvalue weighted by Gasteiger charge is 2.37. The number of fused-ring (bicyclic) bond motifs is 3. The fourth-order valence-corrected chi connectivity index (χ4v) is 5.04. The van der Waals surface area contributed by atoms with Gasteiger partial charge in [-0.2, -0.15) is 13.2 Å². The van der Waals surface area contributed by atoms with Gasteiger partial charge in [0.05, 0.1) is 4.91 Å². The molecule has 0 amide bonds. The van der Waals surface area contributed by atoms with E-state index < -0.39 is 15.6 Å². The highest BCUT2D eigenvalue weighted by Crippen LogP contribution is 2.45. The molecule has 0 saturated carbocycles. The van der Waals surface area contributed by atoms with Crippen LogP contribution in [0.3, 0.4) is 0 Å². The fourth-order valence-electron chi connectivity index (χ4n) is 1.86. The second-order valence-electron chi connectivity index (χ2n) is 4.88. The zero-order valence-corrected chi connectivity index (χ0v) is 17.8. The van der Waals surface area contributed by atoms with Crippen LogP contribution in [-0.4, -0.2) is 45.7 Å². The molecule has 0 bridgehead atoms. The minimum absolute atomic E-state index is 0.165. The minimum atomic E-state index is -6.09. The van der Waals surface area contributed by atoms with Gasteiger partial charge < -0.3 is 9.45 Å². The molecule has 2 aromatic rings. The Morgan fingerprint density at radius 2 is 1.86 bits per heavy atom. The molecule has 0 N–H and O–H groups in total. The van der Waals surface area contributed by atoms with Crippen molar-refractivity contribution in [2.75, 3.05) is 11.9 Å². The van der Waals surface area contributed by atoms with Gasteiger partial charge in [0.15, 0.2) is 32.1 Å². The van der Waals surface area contributed by atoms with E-state index in [2.05, 4.69) is 25.4 Å². The third-order valence-corrected chi connectivity index (χ3v) is 7.02. The third kappa shape index (κ3) is 4.24. The van der Waals surface area contributed by atoms with Crippen LogP contribution in [0, 0.1) is 0 Å². The van der Waals surface area contributed by atoms with E-state index in [1.807, 2.05) is 11.9 Å². The topological polar surface area (TPSA) is 111 Å².